The summed E-state index contributed by atoms with van der Waals surface area (Å²) in [6.45, 7) is -0.128. The minimum atomic E-state index is -0.518. The number of carbonyl (C=O) groups is 1. The fourth-order valence-electron chi connectivity index (χ4n) is 2.72. The second-order valence-electron chi connectivity index (χ2n) is 5.14. The van der Waals surface area contributed by atoms with Crippen molar-refractivity contribution in [1.29, 1.82) is 0 Å². The van der Waals surface area contributed by atoms with Crippen LogP contribution in [0.2, 0.25) is 0 Å². The third-order valence-electron chi connectivity index (χ3n) is 3.66. The van der Waals surface area contributed by atoms with E-state index in [-0.39, 0.29) is 18.5 Å². The standard InChI is InChI=1S/C15H21N3O2/c16-14(17)18-11-13(19)20-15(9-5-2-6-10-15)12-7-3-1-4-8-12/h1,3-4,7-8H,2,5-6,9-11H2,(H4,16,17,18). The van der Waals surface area contributed by atoms with Crippen molar-refractivity contribution in [3.05, 3.63) is 35.9 Å². The summed E-state index contributed by atoms with van der Waals surface area (Å²) in [6.07, 6.45) is 5.00. The molecule has 0 atom stereocenters. The Hall–Kier alpha value is -2.04. The summed E-state index contributed by atoms with van der Waals surface area (Å²) in [7, 11) is 0. The molecule has 0 bridgehead atoms. The van der Waals surface area contributed by atoms with Gasteiger partial charge in [-0.05, 0) is 31.2 Å². The Labute approximate surface area is 119 Å². The van der Waals surface area contributed by atoms with Crippen molar-refractivity contribution in [1.82, 2.24) is 0 Å². The highest BCUT2D eigenvalue weighted by atomic mass is 16.6. The third-order valence-corrected chi connectivity index (χ3v) is 3.66. The number of carbonyl (C=O) groups excluding carboxylic acids is 1. The maximum absolute atomic E-state index is 12.0. The smallest absolute Gasteiger partial charge is 0.328 e. The van der Waals surface area contributed by atoms with Crippen LogP contribution in [0.15, 0.2) is 35.3 Å². The predicted octanol–water partition coefficient (Wildman–Crippen LogP) is 1.66. The van der Waals surface area contributed by atoms with Gasteiger partial charge in [-0.1, -0.05) is 36.8 Å². The first kappa shape index (κ1) is 14.4. The van der Waals surface area contributed by atoms with Gasteiger partial charge in [0.2, 0.25) is 0 Å². The predicted molar refractivity (Wildman–Crippen MR) is 78.0 cm³/mol. The molecule has 1 aromatic carbocycles. The summed E-state index contributed by atoms with van der Waals surface area (Å²) in [5.41, 5.74) is 11.0. The van der Waals surface area contributed by atoms with Gasteiger partial charge in [0, 0.05) is 0 Å². The van der Waals surface area contributed by atoms with Gasteiger partial charge in [-0.25, -0.2) is 4.99 Å². The van der Waals surface area contributed by atoms with Gasteiger partial charge in [0.15, 0.2) is 5.96 Å². The van der Waals surface area contributed by atoms with E-state index in [1.807, 2.05) is 30.3 Å². The largest absolute Gasteiger partial charge is 0.453 e. The Morgan fingerprint density at radius 1 is 1.15 bits per heavy atom. The molecule has 5 heteroatoms. The van der Waals surface area contributed by atoms with E-state index in [1.165, 1.54) is 6.42 Å². The Bertz CT molecular complexity index is 475. The highest BCUT2D eigenvalue weighted by molar-refractivity contribution is 5.80. The second kappa shape index (κ2) is 6.41. The van der Waals surface area contributed by atoms with Gasteiger partial charge >= 0.3 is 5.97 Å². The molecular weight excluding hydrogens is 254 g/mol. The third kappa shape index (κ3) is 3.50. The second-order valence-corrected chi connectivity index (χ2v) is 5.14. The maximum Gasteiger partial charge on any atom is 0.328 e. The zero-order valence-corrected chi connectivity index (χ0v) is 11.5. The Morgan fingerprint density at radius 3 is 2.40 bits per heavy atom. The molecular formula is C15H21N3O2. The van der Waals surface area contributed by atoms with Crippen LogP contribution in [-0.2, 0) is 15.1 Å². The lowest BCUT2D eigenvalue weighted by Crippen LogP contribution is -2.36. The molecule has 0 unspecified atom stereocenters. The van der Waals surface area contributed by atoms with Gasteiger partial charge in [-0.15, -0.1) is 0 Å². The normalized spacial score (nSPS) is 17.2. The number of ether oxygens (including phenoxy) is 1. The van der Waals surface area contributed by atoms with Crippen LogP contribution in [0, 0.1) is 0 Å². The van der Waals surface area contributed by atoms with E-state index in [9.17, 15) is 4.79 Å². The fourth-order valence-corrected chi connectivity index (χ4v) is 2.72. The van der Waals surface area contributed by atoms with Crippen LogP contribution in [0.25, 0.3) is 0 Å². The summed E-state index contributed by atoms with van der Waals surface area (Å²) in [6, 6.07) is 9.92. The van der Waals surface area contributed by atoms with Crippen LogP contribution >= 0.6 is 0 Å². The molecule has 0 radical (unpaired) electrons. The van der Waals surface area contributed by atoms with Crippen LogP contribution in [0.5, 0.6) is 0 Å². The van der Waals surface area contributed by atoms with Crippen molar-refractivity contribution < 1.29 is 9.53 Å². The number of rotatable bonds is 4. The molecule has 5 nitrogen and oxygen atoms in total. The molecule has 20 heavy (non-hydrogen) atoms. The summed E-state index contributed by atoms with van der Waals surface area (Å²) in [5.74, 6) is -0.483. The quantitative estimate of drug-likeness (QED) is 0.496. The van der Waals surface area contributed by atoms with Gasteiger partial charge in [0.05, 0.1) is 0 Å². The molecule has 0 spiro atoms. The molecule has 0 aromatic heterocycles. The van der Waals surface area contributed by atoms with Crippen molar-refractivity contribution in [2.24, 2.45) is 16.5 Å². The van der Waals surface area contributed by atoms with Gasteiger partial charge < -0.3 is 16.2 Å². The SMILES string of the molecule is NC(N)=NCC(=O)OC1(c2ccccc2)CCCCC1. The van der Waals surface area contributed by atoms with Crippen molar-refractivity contribution in [2.45, 2.75) is 37.7 Å². The van der Waals surface area contributed by atoms with Gasteiger partial charge in [0.25, 0.3) is 0 Å². The first-order valence-corrected chi connectivity index (χ1v) is 6.95. The maximum atomic E-state index is 12.0. The summed E-state index contributed by atoms with van der Waals surface area (Å²) in [4.78, 5) is 15.7. The number of hydrogen-bond acceptors (Lipinski definition) is 3. The van der Waals surface area contributed by atoms with Crippen LogP contribution in [-0.4, -0.2) is 18.5 Å². The van der Waals surface area contributed by atoms with Crippen LogP contribution < -0.4 is 11.5 Å². The van der Waals surface area contributed by atoms with Crippen LogP contribution in [0.3, 0.4) is 0 Å². The summed E-state index contributed by atoms with van der Waals surface area (Å²) in [5, 5.41) is 0. The molecule has 1 fully saturated rings. The number of benzene rings is 1. The number of nitrogens with two attached hydrogens (primary N) is 2. The first-order valence-electron chi connectivity index (χ1n) is 6.95. The number of aliphatic imine (C=N–C) groups is 1. The van der Waals surface area contributed by atoms with Crippen molar-refractivity contribution in [3.8, 4) is 0 Å². The fraction of sp³-hybridized carbons (Fsp3) is 0.467. The van der Waals surface area contributed by atoms with Gasteiger partial charge in [0.1, 0.15) is 12.1 Å². The first-order chi connectivity index (χ1) is 9.62. The summed E-state index contributed by atoms with van der Waals surface area (Å²) < 4.78 is 5.76. The molecule has 0 saturated heterocycles. The highest BCUT2D eigenvalue weighted by Gasteiger charge is 2.37. The number of hydrogen-bond donors (Lipinski definition) is 2. The lowest BCUT2D eigenvalue weighted by molar-refractivity contribution is -0.163. The lowest BCUT2D eigenvalue weighted by atomic mass is 9.79. The molecule has 0 aliphatic heterocycles. The lowest BCUT2D eigenvalue weighted by Gasteiger charge is -2.37. The Balaban J connectivity index is 2.16. The Morgan fingerprint density at radius 2 is 1.80 bits per heavy atom. The van der Waals surface area contributed by atoms with E-state index in [2.05, 4.69) is 4.99 Å². The van der Waals surface area contributed by atoms with E-state index >= 15 is 0 Å². The van der Waals surface area contributed by atoms with Gasteiger partial charge in [-0.2, -0.15) is 0 Å². The van der Waals surface area contributed by atoms with E-state index in [0.717, 1.165) is 31.2 Å². The zero-order chi connectivity index (χ0) is 14.4. The van der Waals surface area contributed by atoms with E-state index in [0.29, 0.717) is 0 Å². The topological polar surface area (TPSA) is 90.7 Å². The van der Waals surface area contributed by atoms with Crippen molar-refractivity contribution >= 4 is 11.9 Å². The summed E-state index contributed by atoms with van der Waals surface area (Å²) >= 11 is 0. The molecule has 0 amide bonds. The molecule has 1 aliphatic rings. The van der Waals surface area contributed by atoms with Gasteiger partial charge in [-0.3, -0.25) is 4.79 Å². The molecule has 108 valence electrons. The van der Waals surface area contributed by atoms with Crippen LogP contribution in [0.1, 0.15) is 37.7 Å². The van der Waals surface area contributed by atoms with E-state index in [4.69, 9.17) is 16.2 Å². The van der Waals surface area contributed by atoms with E-state index < -0.39 is 5.60 Å². The van der Waals surface area contributed by atoms with Crippen LogP contribution in [0.4, 0.5) is 0 Å². The highest BCUT2D eigenvalue weighted by Crippen LogP contribution is 2.40. The molecule has 1 saturated carbocycles. The van der Waals surface area contributed by atoms with Crippen molar-refractivity contribution in [3.63, 3.8) is 0 Å². The zero-order valence-electron chi connectivity index (χ0n) is 11.5. The molecule has 0 heterocycles. The molecule has 2 rings (SSSR count). The molecule has 1 aromatic rings. The average Bonchev–Trinajstić information content (AvgIpc) is 2.47. The number of guanidine groups is 1. The number of nitrogens with zero attached hydrogens (tertiary/aromatic N) is 1. The Kier molecular flexibility index (Phi) is 4.61. The monoisotopic (exact) mass is 275 g/mol. The average molecular weight is 275 g/mol. The molecule has 4 N–H and O–H groups in total. The minimum Gasteiger partial charge on any atom is -0.453 e. The van der Waals surface area contributed by atoms with E-state index in [1.54, 1.807) is 0 Å². The number of esters is 1. The minimum absolute atomic E-state index is 0.0978. The molecule has 1 aliphatic carbocycles. The van der Waals surface area contributed by atoms with Crippen molar-refractivity contribution in [2.75, 3.05) is 6.54 Å².